The lowest BCUT2D eigenvalue weighted by molar-refractivity contribution is -0.385. The predicted octanol–water partition coefficient (Wildman–Crippen LogP) is 2.04. The highest BCUT2D eigenvalue weighted by atomic mass is 35.5. The van der Waals surface area contributed by atoms with Crippen LogP contribution in [0.1, 0.15) is 18.5 Å². The summed E-state index contributed by atoms with van der Waals surface area (Å²) < 4.78 is 0. The Kier molecular flexibility index (Phi) is 4.37. The van der Waals surface area contributed by atoms with Crippen LogP contribution in [0.25, 0.3) is 0 Å². The molecule has 1 unspecified atom stereocenters. The molecular formula is C8H11ClN2O2. The highest BCUT2D eigenvalue weighted by Gasteiger charge is 2.14. The number of nitro groups is 1. The largest absolute Gasteiger partial charge is 0.324 e. The van der Waals surface area contributed by atoms with Gasteiger partial charge in [-0.3, -0.25) is 10.1 Å². The zero-order valence-corrected chi connectivity index (χ0v) is 7.95. The lowest BCUT2D eigenvalue weighted by Gasteiger charge is -2.04. The molecule has 0 saturated carbocycles. The van der Waals surface area contributed by atoms with E-state index in [0.717, 1.165) is 0 Å². The van der Waals surface area contributed by atoms with Crippen LogP contribution in [0.5, 0.6) is 0 Å². The summed E-state index contributed by atoms with van der Waals surface area (Å²) in [6.07, 6.45) is 0. The van der Waals surface area contributed by atoms with Crippen LogP contribution in [-0.4, -0.2) is 4.92 Å². The molecule has 0 fully saturated rings. The first kappa shape index (κ1) is 11.9. The monoisotopic (exact) mass is 202 g/mol. The standard InChI is InChI=1S/C8H10N2O2.ClH/c1-6(9)7-4-2-3-5-8(7)10(11)12;/h2-6H,9H2,1H3;1H. The maximum Gasteiger partial charge on any atom is 0.274 e. The van der Waals surface area contributed by atoms with Crippen molar-refractivity contribution >= 4 is 18.1 Å². The van der Waals surface area contributed by atoms with Gasteiger partial charge in [-0.05, 0) is 6.92 Å². The summed E-state index contributed by atoms with van der Waals surface area (Å²) in [5.41, 5.74) is 6.21. The molecular weight excluding hydrogens is 192 g/mol. The fourth-order valence-electron chi connectivity index (χ4n) is 1.04. The molecule has 0 spiro atoms. The van der Waals surface area contributed by atoms with E-state index in [2.05, 4.69) is 0 Å². The maximum atomic E-state index is 10.5. The molecule has 0 amide bonds. The first-order chi connectivity index (χ1) is 5.63. The second kappa shape index (κ2) is 4.79. The van der Waals surface area contributed by atoms with Crippen LogP contribution in [0.3, 0.4) is 0 Å². The molecule has 0 radical (unpaired) electrons. The molecule has 2 N–H and O–H groups in total. The molecule has 0 aliphatic heterocycles. The first-order valence-corrected chi connectivity index (χ1v) is 3.62. The number of benzene rings is 1. The van der Waals surface area contributed by atoms with Gasteiger partial charge in [0.15, 0.2) is 0 Å². The van der Waals surface area contributed by atoms with Crippen molar-refractivity contribution < 1.29 is 4.92 Å². The van der Waals surface area contributed by atoms with E-state index >= 15 is 0 Å². The van der Waals surface area contributed by atoms with Gasteiger partial charge in [0.25, 0.3) is 5.69 Å². The van der Waals surface area contributed by atoms with E-state index < -0.39 is 4.92 Å². The minimum atomic E-state index is -0.418. The van der Waals surface area contributed by atoms with Gasteiger partial charge < -0.3 is 5.73 Å². The number of nitrogens with zero attached hydrogens (tertiary/aromatic N) is 1. The molecule has 0 heterocycles. The molecule has 1 aromatic carbocycles. The number of halogens is 1. The average molecular weight is 203 g/mol. The van der Waals surface area contributed by atoms with Gasteiger partial charge in [0.1, 0.15) is 0 Å². The summed E-state index contributed by atoms with van der Waals surface area (Å²) in [7, 11) is 0. The van der Waals surface area contributed by atoms with Crippen LogP contribution in [0, 0.1) is 10.1 Å². The van der Waals surface area contributed by atoms with Gasteiger partial charge in [-0.25, -0.2) is 0 Å². The van der Waals surface area contributed by atoms with Crippen LogP contribution >= 0.6 is 12.4 Å². The zero-order chi connectivity index (χ0) is 9.14. The third-order valence-electron chi connectivity index (χ3n) is 1.62. The molecule has 1 aromatic rings. The quantitative estimate of drug-likeness (QED) is 0.589. The number of rotatable bonds is 2. The molecule has 0 saturated heterocycles. The summed E-state index contributed by atoms with van der Waals surface area (Å²) in [6, 6.07) is 6.20. The van der Waals surface area contributed by atoms with Gasteiger partial charge in [0.2, 0.25) is 0 Å². The van der Waals surface area contributed by atoms with Gasteiger partial charge in [-0.2, -0.15) is 0 Å². The minimum Gasteiger partial charge on any atom is -0.324 e. The van der Waals surface area contributed by atoms with Crippen molar-refractivity contribution in [2.75, 3.05) is 0 Å². The topological polar surface area (TPSA) is 69.2 Å². The number of hydrogen-bond acceptors (Lipinski definition) is 3. The van der Waals surface area contributed by atoms with Crippen LogP contribution in [0.15, 0.2) is 24.3 Å². The summed E-state index contributed by atoms with van der Waals surface area (Å²) in [4.78, 5) is 10.1. The molecule has 1 atom stereocenters. The molecule has 0 aliphatic rings. The van der Waals surface area contributed by atoms with E-state index in [1.165, 1.54) is 6.07 Å². The Balaban J connectivity index is 0.00000144. The molecule has 0 aromatic heterocycles. The van der Waals surface area contributed by atoms with Crippen molar-refractivity contribution in [2.45, 2.75) is 13.0 Å². The van der Waals surface area contributed by atoms with Crippen LogP contribution in [0.2, 0.25) is 0 Å². The molecule has 1 rings (SSSR count). The van der Waals surface area contributed by atoms with Crippen LogP contribution in [0.4, 0.5) is 5.69 Å². The van der Waals surface area contributed by atoms with Crippen LogP contribution in [-0.2, 0) is 0 Å². The Morgan fingerprint density at radius 2 is 2.00 bits per heavy atom. The molecule has 72 valence electrons. The van der Waals surface area contributed by atoms with E-state index in [1.54, 1.807) is 25.1 Å². The number of para-hydroxylation sites is 1. The lowest BCUT2D eigenvalue weighted by Crippen LogP contribution is -2.07. The Morgan fingerprint density at radius 3 is 2.38 bits per heavy atom. The van der Waals surface area contributed by atoms with Gasteiger partial charge in [0, 0.05) is 17.7 Å². The summed E-state index contributed by atoms with van der Waals surface area (Å²) in [5.74, 6) is 0. The number of nitrogens with two attached hydrogens (primary N) is 1. The second-order valence-electron chi connectivity index (χ2n) is 2.60. The third kappa shape index (κ3) is 2.68. The van der Waals surface area contributed by atoms with Gasteiger partial charge in [-0.1, -0.05) is 18.2 Å². The minimum absolute atomic E-state index is 0. The fourth-order valence-corrected chi connectivity index (χ4v) is 1.04. The van der Waals surface area contributed by atoms with E-state index in [0.29, 0.717) is 5.56 Å². The predicted molar refractivity (Wildman–Crippen MR) is 52.9 cm³/mol. The van der Waals surface area contributed by atoms with Crippen molar-refractivity contribution in [3.05, 3.63) is 39.9 Å². The van der Waals surface area contributed by atoms with Crippen molar-refractivity contribution in [3.63, 3.8) is 0 Å². The lowest BCUT2D eigenvalue weighted by atomic mass is 10.1. The van der Waals surface area contributed by atoms with Crippen LogP contribution < -0.4 is 5.73 Å². The van der Waals surface area contributed by atoms with E-state index in [9.17, 15) is 10.1 Å². The Bertz CT molecular complexity index is 302. The number of hydrogen-bond donors (Lipinski definition) is 1. The summed E-state index contributed by atoms with van der Waals surface area (Å²) in [5, 5.41) is 10.5. The molecule has 4 nitrogen and oxygen atoms in total. The van der Waals surface area contributed by atoms with Gasteiger partial charge >= 0.3 is 0 Å². The first-order valence-electron chi connectivity index (χ1n) is 3.62. The SMILES string of the molecule is CC(N)c1ccccc1[N+](=O)[O-].Cl. The maximum absolute atomic E-state index is 10.5. The van der Waals surface area contributed by atoms with Gasteiger partial charge in [0.05, 0.1) is 4.92 Å². The van der Waals surface area contributed by atoms with Crippen molar-refractivity contribution in [3.8, 4) is 0 Å². The highest BCUT2D eigenvalue weighted by Crippen LogP contribution is 2.22. The molecule has 13 heavy (non-hydrogen) atoms. The Morgan fingerprint density at radius 1 is 1.46 bits per heavy atom. The summed E-state index contributed by atoms with van der Waals surface area (Å²) in [6.45, 7) is 1.72. The van der Waals surface area contributed by atoms with E-state index in [-0.39, 0.29) is 24.1 Å². The van der Waals surface area contributed by atoms with E-state index in [4.69, 9.17) is 5.73 Å². The Hall–Kier alpha value is -1.13. The average Bonchev–Trinajstić information content (AvgIpc) is 2.04. The molecule has 0 aliphatic carbocycles. The van der Waals surface area contributed by atoms with E-state index in [1.807, 2.05) is 0 Å². The van der Waals surface area contributed by atoms with Crippen molar-refractivity contribution in [2.24, 2.45) is 5.73 Å². The van der Waals surface area contributed by atoms with Crippen molar-refractivity contribution in [1.82, 2.24) is 0 Å². The normalized spacial score (nSPS) is 11.5. The Labute approximate surface area is 82.3 Å². The third-order valence-corrected chi connectivity index (χ3v) is 1.62. The second-order valence-corrected chi connectivity index (χ2v) is 2.60. The van der Waals surface area contributed by atoms with Gasteiger partial charge in [-0.15, -0.1) is 12.4 Å². The highest BCUT2D eigenvalue weighted by molar-refractivity contribution is 5.85. The summed E-state index contributed by atoms with van der Waals surface area (Å²) >= 11 is 0. The van der Waals surface area contributed by atoms with Crippen molar-refractivity contribution in [1.29, 1.82) is 0 Å². The smallest absolute Gasteiger partial charge is 0.274 e. The molecule has 0 bridgehead atoms. The molecule has 5 heteroatoms. The number of nitro benzene ring substituents is 1. The fraction of sp³-hybridized carbons (Fsp3) is 0.250. The zero-order valence-electron chi connectivity index (χ0n) is 7.14.